The molecule has 0 aliphatic rings. The molecule has 0 fully saturated rings. The molecule has 3 rings (SSSR count). The van der Waals surface area contributed by atoms with Crippen LogP contribution in [-0.4, -0.2) is 30.4 Å². The highest BCUT2D eigenvalue weighted by Gasteiger charge is 2.22. The molecule has 3 aromatic rings. The number of benzene rings is 2. The van der Waals surface area contributed by atoms with E-state index in [0.717, 1.165) is 0 Å². The van der Waals surface area contributed by atoms with Crippen molar-refractivity contribution in [2.75, 3.05) is 14.2 Å². The van der Waals surface area contributed by atoms with E-state index in [9.17, 15) is 9.18 Å². The third-order valence-electron chi connectivity index (χ3n) is 3.79. The average Bonchev–Trinajstić information content (AvgIpc) is 3.18. The van der Waals surface area contributed by atoms with Gasteiger partial charge in [0.1, 0.15) is 22.9 Å². The Hall–Kier alpha value is -3.42. The summed E-state index contributed by atoms with van der Waals surface area (Å²) in [6.07, 6.45) is -0.786. The number of esters is 1. The van der Waals surface area contributed by atoms with E-state index in [-0.39, 0.29) is 23.2 Å². The quantitative estimate of drug-likeness (QED) is 0.608. The molecule has 0 radical (unpaired) electrons. The van der Waals surface area contributed by atoms with E-state index in [1.165, 1.54) is 38.5 Å². The zero-order valence-corrected chi connectivity index (χ0v) is 14.9. The SMILES string of the molecule is COc1ccc(C(=O)O[C@H](C)c2nnc(-c3ccc(F)cc3)o2)c(OC)c1. The molecule has 2 aromatic carbocycles. The van der Waals surface area contributed by atoms with Crippen LogP contribution in [0, 0.1) is 5.82 Å². The maximum absolute atomic E-state index is 13.0. The summed E-state index contributed by atoms with van der Waals surface area (Å²) in [5, 5.41) is 7.79. The van der Waals surface area contributed by atoms with Crippen molar-refractivity contribution in [2.24, 2.45) is 0 Å². The summed E-state index contributed by atoms with van der Waals surface area (Å²) >= 11 is 0. The first kappa shape index (κ1) is 18.4. The predicted molar refractivity (Wildman–Crippen MR) is 93.1 cm³/mol. The van der Waals surface area contributed by atoms with Crippen molar-refractivity contribution in [3.8, 4) is 23.0 Å². The summed E-state index contributed by atoms with van der Waals surface area (Å²) in [5.41, 5.74) is 0.800. The number of hydrogen-bond donors (Lipinski definition) is 0. The summed E-state index contributed by atoms with van der Waals surface area (Å²) in [7, 11) is 2.96. The second kappa shape index (κ2) is 7.86. The minimum atomic E-state index is -0.786. The number of rotatable bonds is 6. The Kier molecular flexibility index (Phi) is 5.35. The highest BCUT2D eigenvalue weighted by Crippen LogP contribution is 2.28. The van der Waals surface area contributed by atoms with Gasteiger partial charge in [0.15, 0.2) is 6.10 Å². The van der Waals surface area contributed by atoms with Crippen LogP contribution in [0.2, 0.25) is 0 Å². The van der Waals surface area contributed by atoms with Crippen LogP contribution in [0.4, 0.5) is 4.39 Å². The molecule has 0 unspecified atom stereocenters. The van der Waals surface area contributed by atoms with Crippen LogP contribution < -0.4 is 9.47 Å². The maximum Gasteiger partial charge on any atom is 0.342 e. The fraction of sp³-hybridized carbons (Fsp3) is 0.211. The fourth-order valence-corrected chi connectivity index (χ4v) is 2.35. The monoisotopic (exact) mass is 372 g/mol. The largest absolute Gasteiger partial charge is 0.497 e. The van der Waals surface area contributed by atoms with E-state index in [1.54, 1.807) is 25.1 Å². The van der Waals surface area contributed by atoms with Gasteiger partial charge in [-0.15, -0.1) is 10.2 Å². The van der Waals surface area contributed by atoms with Crippen molar-refractivity contribution < 1.29 is 27.8 Å². The Balaban J connectivity index is 1.75. The number of carbonyl (C=O) groups excluding carboxylic acids is 1. The Morgan fingerprint density at radius 3 is 2.48 bits per heavy atom. The zero-order chi connectivity index (χ0) is 19.4. The van der Waals surface area contributed by atoms with Crippen molar-refractivity contribution in [1.82, 2.24) is 10.2 Å². The molecule has 27 heavy (non-hydrogen) atoms. The van der Waals surface area contributed by atoms with Gasteiger partial charge in [-0.1, -0.05) is 0 Å². The fourth-order valence-electron chi connectivity index (χ4n) is 2.35. The van der Waals surface area contributed by atoms with Crippen LogP contribution in [0.15, 0.2) is 46.9 Å². The number of halogens is 1. The number of ether oxygens (including phenoxy) is 3. The third-order valence-corrected chi connectivity index (χ3v) is 3.79. The van der Waals surface area contributed by atoms with Gasteiger partial charge in [0, 0.05) is 11.6 Å². The van der Waals surface area contributed by atoms with Crippen molar-refractivity contribution in [1.29, 1.82) is 0 Å². The van der Waals surface area contributed by atoms with Crippen LogP contribution in [0.25, 0.3) is 11.5 Å². The maximum atomic E-state index is 13.0. The molecule has 7 nitrogen and oxygen atoms in total. The van der Waals surface area contributed by atoms with Crippen LogP contribution in [0.1, 0.15) is 29.3 Å². The van der Waals surface area contributed by atoms with Gasteiger partial charge in [-0.25, -0.2) is 9.18 Å². The summed E-state index contributed by atoms with van der Waals surface area (Å²) < 4.78 is 34.2. The van der Waals surface area contributed by atoms with Gasteiger partial charge in [-0.05, 0) is 43.3 Å². The molecule has 8 heteroatoms. The number of nitrogens with zero attached hydrogens (tertiary/aromatic N) is 2. The molecule has 0 saturated heterocycles. The van der Waals surface area contributed by atoms with Gasteiger partial charge in [-0.2, -0.15) is 0 Å². The molecule has 1 atom stereocenters. The predicted octanol–water partition coefficient (Wildman–Crippen LogP) is 3.81. The van der Waals surface area contributed by atoms with Gasteiger partial charge in [0.2, 0.25) is 5.89 Å². The van der Waals surface area contributed by atoms with Crippen molar-refractivity contribution in [3.05, 3.63) is 59.7 Å². The van der Waals surface area contributed by atoms with Crippen molar-refractivity contribution in [3.63, 3.8) is 0 Å². The summed E-state index contributed by atoms with van der Waals surface area (Å²) in [4.78, 5) is 12.4. The highest BCUT2D eigenvalue weighted by atomic mass is 19.1. The Bertz CT molecular complexity index is 940. The lowest BCUT2D eigenvalue weighted by molar-refractivity contribution is 0.0276. The van der Waals surface area contributed by atoms with E-state index in [0.29, 0.717) is 17.1 Å². The lowest BCUT2D eigenvalue weighted by atomic mass is 10.2. The Morgan fingerprint density at radius 1 is 1.07 bits per heavy atom. The van der Waals surface area contributed by atoms with Gasteiger partial charge in [0.05, 0.1) is 14.2 Å². The van der Waals surface area contributed by atoms with Crippen LogP contribution in [-0.2, 0) is 4.74 Å². The van der Waals surface area contributed by atoms with Crippen LogP contribution >= 0.6 is 0 Å². The van der Waals surface area contributed by atoms with Crippen molar-refractivity contribution >= 4 is 5.97 Å². The van der Waals surface area contributed by atoms with E-state index >= 15 is 0 Å². The highest BCUT2D eigenvalue weighted by molar-refractivity contribution is 5.92. The molecule has 0 bridgehead atoms. The van der Waals surface area contributed by atoms with Gasteiger partial charge in [0.25, 0.3) is 5.89 Å². The Morgan fingerprint density at radius 2 is 1.81 bits per heavy atom. The normalized spacial score (nSPS) is 11.7. The molecule has 0 aliphatic carbocycles. The molecule has 0 aliphatic heterocycles. The third kappa shape index (κ3) is 4.05. The summed E-state index contributed by atoms with van der Waals surface area (Å²) in [6, 6.07) is 10.4. The van der Waals surface area contributed by atoms with E-state index in [4.69, 9.17) is 18.6 Å². The van der Waals surface area contributed by atoms with Gasteiger partial charge < -0.3 is 18.6 Å². The lowest BCUT2D eigenvalue weighted by Crippen LogP contribution is -2.11. The first-order chi connectivity index (χ1) is 13.0. The summed E-state index contributed by atoms with van der Waals surface area (Å²) in [6.45, 7) is 1.61. The molecular formula is C19H17FN2O5. The smallest absolute Gasteiger partial charge is 0.342 e. The van der Waals surface area contributed by atoms with Crippen LogP contribution in [0.5, 0.6) is 11.5 Å². The minimum absolute atomic E-state index is 0.121. The topological polar surface area (TPSA) is 83.7 Å². The molecule has 0 saturated carbocycles. The van der Waals surface area contributed by atoms with Crippen molar-refractivity contribution in [2.45, 2.75) is 13.0 Å². The Labute approximate surface area is 154 Å². The van der Waals surface area contributed by atoms with Gasteiger partial charge >= 0.3 is 5.97 Å². The number of carbonyl (C=O) groups is 1. The lowest BCUT2D eigenvalue weighted by Gasteiger charge is -2.12. The zero-order valence-electron chi connectivity index (χ0n) is 14.9. The van der Waals surface area contributed by atoms with Crippen LogP contribution in [0.3, 0.4) is 0 Å². The molecule has 140 valence electrons. The number of aromatic nitrogens is 2. The molecule has 1 aromatic heterocycles. The van der Waals surface area contributed by atoms with Gasteiger partial charge in [-0.3, -0.25) is 0 Å². The average molecular weight is 372 g/mol. The second-order valence-corrected chi connectivity index (χ2v) is 5.57. The number of hydrogen-bond acceptors (Lipinski definition) is 7. The molecule has 0 amide bonds. The van der Waals surface area contributed by atoms with E-state index in [2.05, 4.69) is 10.2 Å². The standard InChI is InChI=1S/C19H17FN2O5/c1-11(17-21-22-18(27-17)12-4-6-13(20)7-5-12)26-19(23)15-9-8-14(24-2)10-16(15)25-3/h4-11H,1-3H3/t11-/m1/s1. The van der Waals surface area contributed by atoms with E-state index in [1.807, 2.05) is 0 Å². The minimum Gasteiger partial charge on any atom is -0.497 e. The molecule has 0 spiro atoms. The molecule has 0 N–H and O–H groups in total. The second-order valence-electron chi connectivity index (χ2n) is 5.57. The first-order valence-electron chi connectivity index (χ1n) is 8.04. The first-order valence-corrected chi connectivity index (χ1v) is 8.04. The molecular weight excluding hydrogens is 355 g/mol. The number of methoxy groups -OCH3 is 2. The molecule has 1 heterocycles. The summed E-state index contributed by atoms with van der Waals surface area (Å²) in [5.74, 6) is 0.226. The van der Waals surface area contributed by atoms with E-state index < -0.39 is 12.1 Å².